The minimum absolute atomic E-state index is 0.685. The van der Waals surface area contributed by atoms with Gasteiger partial charge in [-0.15, -0.1) is 0 Å². The van der Waals surface area contributed by atoms with E-state index in [1.807, 2.05) is 44.3 Å². The first-order chi connectivity index (χ1) is 8.78. The van der Waals surface area contributed by atoms with Gasteiger partial charge in [-0.1, -0.05) is 18.2 Å². The predicted octanol–water partition coefficient (Wildman–Crippen LogP) is 3.24. The first-order valence-electron chi connectivity index (χ1n) is 5.78. The lowest BCUT2D eigenvalue weighted by atomic mass is 10.1. The second-order valence-corrected chi connectivity index (χ2v) is 4.11. The van der Waals surface area contributed by atoms with Gasteiger partial charge in [-0.2, -0.15) is 0 Å². The van der Waals surface area contributed by atoms with Gasteiger partial charge in [0.15, 0.2) is 5.82 Å². The van der Waals surface area contributed by atoms with Crippen molar-refractivity contribution in [2.75, 3.05) is 12.4 Å². The minimum Gasteiger partial charge on any atom is -0.464 e. The van der Waals surface area contributed by atoms with Crippen LogP contribution in [0.4, 0.5) is 5.82 Å². The van der Waals surface area contributed by atoms with E-state index in [4.69, 9.17) is 4.42 Å². The fourth-order valence-electron chi connectivity index (χ4n) is 1.97. The van der Waals surface area contributed by atoms with E-state index in [1.54, 1.807) is 6.26 Å². The number of nitrogens with zero attached hydrogens (tertiary/aromatic N) is 2. The summed E-state index contributed by atoms with van der Waals surface area (Å²) in [4.78, 5) is 8.93. The number of nitrogens with one attached hydrogen (secondary N) is 1. The average molecular weight is 239 g/mol. The Morgan fingerprint density at radius 1 is 1.17 bits per heavy atom. The minimum atomic E-state index is 0.685. The van der Waals surface area contributed by atoms with Crippen LogP contribution < -0.4 is 5.32 Å². The molecule has 0 radical (unpaired) electrons. The largest absolute Gasteiger partial charge is 0.464 e. The van der Waals surface area contributed by atoms with Gasteiger partial charge in [0.25, 0.3) is 0 Å². The summed E-state index contributed by atoms with van der Waals surface area (Å²) in [5, 5.41) is 4.07. The number of furan rings is 1. The SMILES string of the molecule is CNc1cc(C)nc(-c2coc3ccccc23)n1. The van der Waals surface area contributed by atoms with E-state index in [1.165, 1.54) is 0 Å². The van der Waals surface area contributed by atoms with Crippen molar-refractivity contribution in [1.82, 2.24) is 9.97 Å². The third-order valence-electron chi connectivity index (χ3n) is 2.83. The molecule has 0 spiro atoms. The van der Waals surface area contributed by atoms with Crippen LogP contribution in [0.15, 0.2) is 41.0 Å². The first-order valence-corrected chi connectivity index (χ1v) is 5.78. The molecule has 3 rings (SSSR count). The van der Waals surface area contributed by atoms with Crippen molar-refractivity contribution in [2.45, 2.75) is 6.92 Å². The maximum absolute atomic E-state index is 5.52. The van der Waals surface area contributed by atoms with Crippen LogP contribution >= 0.6 is 0 Å². The number of hydrogen-bond acceptors (Lipinski definition) is 4. The Morgan fingerprint density at radius 2 is 2.00 bits per heavy atom. The van der Waals surface area contributed by atoms with Crippen molar-refractivity contribution in [2.24, 2.45) is 0 Å². The third-order valence-corrected chi connectivity index (χ3v) is 2.83. The molecule has 0 aliphatic heterocycles. The zero-order chi connectivity index (χ0) is 12.5. The van der Waals surface area contributed by atoms with Crippen LogP contribution in [-0.4, -0.2) is 17.0 Å². The van der Waals surface area contributed by atoms with Crippen LogP contribution in [0.1, 0.15) is 5.69 Å². The van der Waals surface area contributed by atoms with Crippen molar-refractivity contribution in [3.8, 4) is 11.4 Å². The lowest BCUT2D eigenvalue weighted by Gasteiger charge is -2.03. The Bertz CT molecular complexity index is 703. The highest BCUT2D eigenvalue weighted by Crippen LogP contribution is 2.28. The number of aryl methyl sites for hydroxylation is 1. The lowest BCUT2D eigenvalue weighted by molar-refractivity contribution is 0.616. The Hall–Kier alpha value is -2.36. The number of rotatable bonds is 2. The van der Waals surface area contributed by atoms with Crippen molar-refractivity contribution in [3.05, 3.63) is 42.3 Å². The Morgan fingerprint density at radius 3 is 2.83 bits per heavy atom. The number of para-hydroxylation sites is 1. The van der Waals surface area contributed by atoms with Gasteiger partial charge in [0, 0.05) is 24.2 Å². The molecule has 0 aliphatic rings. The van der Waals surface area contributed by atoms with E-state index in [2.05, 4.69) is 15.3 Å². The second-order valence-electron chi connectivity index (χ2n) is 4.11. The molecule has 4 heteroatoms. The van der Waals surface area contributed by atoms with E-state index >= 15 is 0 Å². The van der Waals surface area contributed by atoms with Gasteiger partial charge >= 0.3 is 0 Å². The summed E-state index contributed by atoms with van der Waals surface area (Å²) < 4.78 is 5.52. The van der Waals surface area contributed by atoms with Crippen molar-refractivity contribution in [3.63, 3.8) is 0 Å². The quantitative estimate of drug-likeness (QED) is 0.745. The molecule has 1 N–H and O–H groups in total. The van der Waals surface area contributed by atoms with Crippen molar-refractivity contribution in [1.29, 1.82) is 0 Å². The van der Waals surface area contributed by atoms with Crippen LogP contribution in [0, 0.1) is 6.92 Å². The first kappa shape index (κ1) is 10.8. The molecule has 0 bridgehead atoms. The molecule has 0 saturated heterocycles. The standard InChI is InChI=1S/C14H13N3O/c1-9-7-13(15-2)17-14(16-9)11-8-18-12-6-4-3-5-10(11)12/h3-8H,1-2H3,(H,15,16,17). The molecule has 18 heavy (non-hydrogen) atoms. The molecular weight excluding hydrogens is 226 g/mol. The highest BCUT2D eigenvalue weighted by atomic mass is 16.3. The van der Waals surface area contributed by atoms with Crippen LogP contribution in [0.3, 0.4) is 0 Å². The van der Waals surface area contributed by atoms with Gasteiger partial charge in [0.2, 0.25) is 0 Å². The summed E-state index contributed by atoms with van der Waals surface area (Å²) in [6.45, 7) is 1.95. The smallest absolute Gasteiger partial charge is 0.165 e. The van der Waals surface area contributed by atoms with Gasteiger partial charge < -0.3 is 9.73 Å². The molecule has 0 aliphatic carbocycles. The van der Waals surface area contributed by atoms with Crippen molar-refractivity contribution >= 4 is 16.8 Å². The molecule has 3 aromatic rings. The lowest BCUT2D eigenvalue weighted by Crippen LogP contribution is -1.98. The topological polar surface area (TPSA) is 51.0 Å². The highest BCUT2D eigenvalue weighted by molar-refractivity contribution is 5.92. The average Bonchev–Trinajstić information content (AvgIpc) is 2.81. The Balaban J connectivity index is 2.22. The van der Waals surface area contributed by atoms with E-state index in [9.17, 15) is 0 Å². The van der Waals surface area contributed by atoms with E-state index in [-0.39, 0.29) is 0 Å². The summed E-state index contributed by atoms with van der Waals surface area (Å²) in [6.07, 6.45) is 1.71. The molecule has 2 aromatic heterocycles. The highest BCUT2D eigenvalue weighted by Gasteiger charge is 2.11. The summed E-state index contributed by atoms with van der Waals surface area (Å²) in [6, 6.07) is 9.79. The fraction of sp³-hybridized carbons (Fsp3) is 0.143. The van der Waals surface area contributed by atoms with Gasteiger partial charge in [0.1, 0.15) is 17.7 Å². The maximum atomic E-state index is 5.52. The molecule has 1 aromatic carbocycles. The van der Waals surface area contributed by atoms with Gasteiger partial charge in [-0.25, -0.2) is 9.97 Å². The molecular formula is C14H13N3O. The molecule has 90 valence electrons. The van der Waals surface area contributed by atoms with E-state index < -0.39 is 0 Å². The van der Waals surface area contributed by atoms with Crippen LogP contribution in [0.25, 0.3) is 22.4 Å². The number of anilines is 1. The number of aromatic nitrogens is 2. The third kappa shape index (κ3) is 1.72. The fourth-order valence-corrected chi connectivity index (χ4v) is 1.97. The molecule has 2 heterocycles. The summed E-state index contributed by atoms with van der Waals surface area (Å²) in [7, 11) is 1.85. The second kappa shape index (κ2) is 4.14. The zero-order valence-corrected chi connectivity index (χ0v) is 10.3. The van der Waals surface area contributed by atoms with Crippen molar-refractivity contribution < 1.29 is 4.42 Å². The monoisotopic (exact) mass is 239 g/mol. The summed E-state index contributed by atoms with van der Waals surface area (Å²) in [5.41, 5.74) is 2.70. The zero-order valence-electron chi connectivity index (χ0n) is 10.3. The Kier molecular flexibility index (Phi) is 2.48. The number of benzene rings is 1. The van der Waals surface area contributed by atoms with Gasteiger partial charge in [0.05, 0.1) is 5.56 Å². The van der Waals surface area contributed by atoms with Gasteiger partial charge in [-0.3, -0.25) is 0 Å². The van der Waals surface area contributed by atoms with Gasteiger partial charge in [-0.05, 0) is 13.0 Å². The molecule has 0 fully saturated rings. The Labute approximate surface area is 105 Å². The summed E-state index contributed by atoms with van der Waals surface area (Å²) in [5.74, 6) is 1.49. The van der Waals surface area contributed by atoms with Crippen LogP contribution in [0.5, 0.6) is 0 Å². The van der Waals surface area contributed by atoms with Crippen LogP contribution in [0.2, 0.25) is 0 Å². The normalized spacial score (nSPS) is 10.8. The maximum Gasteiger partial charge on any atom is 0.165 e. The summed E-state index contributed by atoms with van der Waals surface area (Å²) >= 11 is 0. The van der Waals surface area contributed by atoms with E-state index in [0.717, 1.165) is 28.0 Å². The molecule has 0 amide bonds. The molecule has 0 atom stereocenters. The molecule has 4 nitrogen and oxygen atoms in total. The number of hydrogen-bond donors (Lipinski definition) is 1. The molecule has 0 unspecified atom stereocenters. The predicted molar refractivity (Wildman–Crippen MR) is 71.5 cm³/mol. The number of fused-ring (bicyclic) bond motifs is 1. The van der Waals surface area contributed by atoms with E-state index in [0.29, 0.717) is 5.82 Å². The van der Waals surface area contributed by atoms with Crippen LogP contribution in [-0.2, 0) is 0 Å². The molecule has 0 saturated carbocycles.